The van der Waals surface area contributed by atoms with Crippen LogP contribution in [0.15, 0.2) is 18.2 Å². The van der Waals surface area contributed by atoms with Crippen molar-refractivity contribution in [2.45, 2.75) is 25.4 Å². The molecule has 0 aliphatic heterocycles. The van der Waals surface area contributed by atoms with Crippen LogP contribution in [0.2, 0.25) is 10.0 Å². The molecule has 0 saturated heterocycles. The van der Waals surface area contributed by atoms with E-state index in [9.17, 15) is 0 Å². The Morgan fingerprint density at radius 2 is 1.82 bits per heavy atom. The van der Waals surface area contributed by atoms with Gasteiger partial charge in [0.25, 0.3) is 0 Å². The Morgan fingerprint density at radius 1 is 1.18 bits per heavy atom. The molecule has 1 rings (SSSR count). The fourth-order valence-electron chi connectivity index (χ4n) is 1.41. The minimum Gasteiger partial charge on any atom is -0.305 e. The van der Waals surface area contributed by atoms with E-state index in [4.69, 9.17) is 46.4 Å². The minimum atomic E-state index is -0.255. The van der Waals surface area contributed by atoms with Gasteiger partial charge in [0.05, 0.1) is 10.0 Å². The van der Waals surface area contributed by atoms with Crippen LogP contribution in [0.1, 0.15) is 18.9 Å². The number of nitrogens with one attached hydrogen (secondary N) is 1. The van der Waals surface area contributed by atoms with Gasteiger partial charge in [0, 0.05) is 23.8 Å². The molecule has 1 N–H and O–H groups in total. The molecule has 0 heterocycles. The Kier molecular flexibility index (Phi) is 6.39. The molecule has 0 bridgehead atoms. The van der Waals surface area contributed by atoms with Crippen molar-refractivity contribution in [1.82, 2.24) is 5.32 Å². The third-order valence-corrected chi connectivity index (χ3v) is 4.76. The fraction of sp³-hybridized carbons (Fsp3) is 0.500. The lowest BCUT2D eigenvalue weighted by Gasteiger charge is -2.30. The molecule has 5 heteroatoms. The van der Waals surface area contributed by atoms with Crippen LogP contribution in [-0.2, 0) is 6.54 Å². The Morgan fingerprint density at radius 3 is 2.35 bits per heavy atom. The summed E-state index contributed by atoms with van der Waals surface area (Å²) < 4.78 is 0. The van der Waals surface area contributed by atoms with Crippen molar-refractivity contribution in [1.29, 1.82) is 0 Å². The molecule has 0 atom stereocenters. The standard InChI is InChI=1S/C12H15Cl4N/c1-2-12(7-13,8-14)17-6-9-4-3-5-10(15)11(9)16/h3-5,17H,2,6-8H2,1H3. The summed E-state index contributed by atoms with van der Waals surface area (Å²) in [7, 11) is 0. The predicted octanol–water partition coefficient (Wildman–Crippen LogP) is 4.71. The average Bonchev–Trinajstić information content (AvgIpc) is 2.36. The van der Waals surface area contributed by atoms with E-state index in [2.05, 4.69) is 12.2 Å². The van der Waals surface area contributed by atoms with Gasteiger partial charge in [-0.25, -0.2) is 0 Å². The molecular weight excluding hydrogens is 300 g/mol. The predicted molar refractivity (Wildman–Crippen MR) is 77.8 cm³/mol. The van der Waals surface area contributed by atoms with E-state index in [1.165, 1.54) is 0 Å². The van der Waals surface area contributed by atoms with E-state index in [0.29, 0.717) is 28.4 Å². The quantitative estimate of drug-likeness (QED) is 0.750. The number of benzene rings is 1. The van der Waals surface area contributed by atoms with Gasteiger partial charge in [-0.15, -0.1) is 23.2 Å². The van der Waals surface area contributed by atoms with Crippen molar-refractivity contribution < 1.29 is 0 Å². The highest BCUT2D eigenvalue weighted by atomic mass is 35.5. The second kappa shape index (κ2) is 7.06. The first-order valence-corrected chi connectivity index (χ1v) is 7.21. The summed E-state index contributed by atoms with van der Waals surface area (Å²) in [5.41, 5.74) is 0.696. The Hall–Kier alpha value is 0.340. The Bertz CT molecular complexity index is 355. The zero-order chi connectivity index (χ0) is 12.9. The first-order chi connectivity index (χ1) is 8.08. The van der Waals surface area contributed by atoms with Crippen molar-refractivity contribution in [2.75, 3.05) is 11.8 Å². The lowest BCUT2D eigenvalue weighted by Crippen LogP contribution is -2.47. The molecule has 1 nitrogen and oxygen atoms in total. The van der Waals surface area contributed by atoms with Crippen LogP contribution in [0, 0.1) is 0 Å². The molecule has 17 heavy (non-hydrogen) atoms. The average molecular weight is 315 g/mol. The maximum Gasteiger partial charge on any atom is 0.0637 e. The molecule has 0 saturated carbocycles. The Balaban J connectivity index is 2.75. The van der Waals surface area contributed by atoms with Crippen LogP contribution in [0.3, 0.4) is 0 Å². The number of alkyl halides is 2. The Labute approximate surface area is 122 Å². The van der Waals surface area contributed by atoms with E-state index in [0.717, 1.165) is 12.0 Å². The summed E-state index contributed by atoms with van der Waals surface area (Å²) in [5, 5.41) is 4.50. The van der Waals surface area contributed by atoms with Gasteiger partial charge < -0.3 is 5.32 Å². The molecule has 0 unspecified atom stereocenters. The third kappa shape index (κ3) is 3.90. The summed E-state index contributed by atoms with van der Waals surface area (Å²) in [6.45, 7) is 2.66. The van der Waals surface area contributed by atoms with E-state index in [1.807, 2.05) is 12.1 Å². The molecular formula is C12H15Cl4N. The summed E-state index contributed by atoms with van der Waals surface area (Å²) in [4.78, 5) is 0. The summed E-state index contributed by atoms with van der Waals surface area (Å²) in [6.07, 6.45) is 0.859. The van der Waals surface area contributed by atoms with Crippen molar-refractivity contribution in [2.24, 2.45) is 0 Å². The highest BCUT2D eigenvalue weighted by Gasteiger charge is 2.25. The second-order valence-electron chi connectivity index (χ2n) is 3.97. The van der Waals surface area contributed by atoms with Crippen molar-refractivity contribution in [3.8, 4) is 0 Å². The van der Waals surface area contributed by atoms with Gasteiger partial charge in [0.1, 0.15) is 0 Å². The van der Waals surface area contributed by atoms with Crippen molar-refractivity contribution >= 4 is 46.4 Å². The van der Waals surface area contributed by atoms with Gasteiger partial charge >= 0.3 is 0 Å². The highest BCUT2D eigenvalue weighted by Crippen LogP contribution is 2.26. The van der Waals surface area contributed by atoms with Gasteiger partial charge in [0.2, 0.25) is 0 Å². The zero-order valence-electron chi connectivity index (χ0n) is 9.57. The van der Waals surface area contributed by atoms with Gasteiger partial charge in [-0.3, -0.25) is 0 Å². The maximum absolute atomic E-state index is 6.11. The molecule has 96 valence electrons. The first kappa shape index (κ1) is 15.4. The minimum absolute atomic E-state index is 0.255. The summed E-state index contributed by atoms with van der Waals surface area (Å²) >= 11 is 24.0. The molecule has 1 aromatic carbocycles. The van der Waals surface area contributed by atoms with Crippen LogP contribution >= 0.6 is 46.4 Å². The number of halogens is 4. The fourth-order valence-corrected chi connectivity index (χ4v) is 2.65. The molecule has 1 aromatic rings. The van der Waals surface area contributed by atoms with E-state index >= 15 is 0 Å². The molecule has 0 aliphatic rings. The number of hydrogen-bond acceptors (Lipinski definition) is 1. The van der Waals surface area contributed by atoms with Crippen LogP contribution < -0.4 is 5.32 Å². The van der Waals surface area contributed by atoms with E-state index in [1.54, 1.807) is 6.07 Å². The van der Waals surface area contributed by atoms with Crippen LogP contribution in [0.5, 0.6) is 0 Å². The normalized spacial score (nSPS) is 11.8. The summed E-state index contributed by atoms with van der Waals surface area (Å²) in [6, 6.07) is 5.58. The van der Waals surface area contributed by atoms with Crippen LogP contribution in [0.25, 0.3) is 0 Å². The largest absolute Gasteiger partial charge is 0.305 e. The first-order valence-electron chi connectivity index (χ1n) is 5.38. The lowest BCUT2D eigenvalue weighted by atomic mass is 10.0. The van der Waals surface area contributed by atoms with Crippen molar-refractivity contribution in [3.05, 3.63) is 33.8 Å². The molecule has 0 aliphatic carbocycles. The van der Waals surface area contributed by atoms with Gasteiger partial charge in [0.15, 0.2) is 0 Å². The topological polar surface area (TPSA) is 12.0 Å². The van der Waals surface area contributed by atoms with Crippen molar-refractivity contribution in [3.63, 3.8) is 0 Å². The highest BCUT2D eigenvalue weighted by molar-refractivity contribution is 6.42. The smallest absolute Gasteiger partial charge is 0.0637 e. The monoisotopic (exact) mass is 313 g/mol. The molecule has 0 radical (unpaired) electrons. The summed E-state index contributed by atoms with van der Waals surface area (Å²) in [5.74, 6) is 0.927. The zero-order valence-corrected chi connectivity index (χ0v) is 12.6. The molecule has 0 aromatic heterocycles. The van der Waals surface area contributed by atoms with E-state index in [-0.39, 0.29) is 5.54 Å². The van der Waals surface area contributed by atoms with Gasteiger partial charge in [-0.2, -0.15) is 0 Å². The molecule has 0 amide bonds. The molecule has 0 spiro atoms. The lowest BCUT2D eigenvalue weighted by molar-refractivity contribution is 0.385. The molecule has 0 fully saturated rings. The van der Waals surface area contributed by atoms with Crippen LogP contribution in [-0.4, -0.2) is 17.3 Å². The maximum atomic E-state index is 6.11. The number of rotatable bonds is 6. The number of hydrogen-bond donors (Lipinski definition) is 1. The SMILES string of the molecule is CCC(CCl)(CCl)NCc1cccc(Cl)c1Cl. The third-order valence-electron chi connectivity index (χ3n) is 2.87. The van der Waals surface area contributed by atoms with Crippen LogP contribution in [0.4, 0.5) is 0 Å². The van der Waals surface area contributed by atoms with Gasteiger partial charge in [-0.05, 0) is 18.1 Å². The van der Waals surface area contributed by atoms with Gasteiger partial charge in [-0.1, -0.05) is 42.3 Å². The van der Waals surface area contributed by atoms with E-state index < -0.39 is 0 Å². The second-order valence-corrected chi connectivity index (χ2v) is 5.29.